The minimum Gasteiger partial charge on any atom is -0.480 e. The number of carbonyl (C=O) groups excluding carboxylic acids is 1. The Balaban J connectivity index is 2.28. The number of amides is 1. The molecule has 15 heavy (non-hydrogen) atoms. The van der Waals surface area contributed by atoms with Gasteiger partial charge in [-0.1, -0.05) is 0 Å². The fourth-order valence-corrected chi connectivity index (χ4v) is 1.77. The molecule has 1 heterocycles. The molecular weight excluding hydrogens is 214 g/mol. The van der Waals surface area contributed by atoms with Gasteiger partial charge in [0, 0.05) is 6.42 Å². The molecule has 0 aromatic carbocycles. The van der Waals surface area contributed by atoms with Gasteiger partial charge in [-0.25, -0.2) is 0 Å². The summed E-state index contributed by atoms with van der Waals surface area (Å²) in [6.45, 7) is 1.45. The van der Waals surface area contributed by atoms with Crippen molar-refractivity contribution in [1.29, 1.82) is 0 Å². The van der Waals surface area contributed by atoms with Gasteiger partial charge in [0.2, 0.25) is 5.91 Å². The van der Waals surface area contributed by atoms with Crippen molar-refractivity contribution in [1.82, 2.24) is 5.32 Å². The van der Waals surface area contributed by atoms with E-state index in [1.807, 2.05) is 16.8 Å². The summed E-state index contributed by atoms with van der Waals surface area (Å²) in [5.41, 5.74) is 1.11. The summed E-state index contributed by atoms with van der Waals surface area (Å²) in [5, 5.41) is 14.9. The van der Waals surface area contributed by atoms with E-state index >= 15 is 0 Å². The van der Waals surface area contributed by atoms with E-state index in [0.717, 1.165) is 5.56 Å². The number of carbonyl (C=O) groups is 2. The fourth-order valence-electron chi connectivity index (χ4n) is 1.07. The molecule has 0 spiro atoms. The predicted octanol–water partition coefficient (Wildman–Crippen LogP) is 1.27. The van der Waals surface area contributed by atoms with E-state index in [1.54, 1.807) is 11.3 Å². The Morgan fingerprint density at radius 3 is 2.87 bits per heavy atom. The van der Waals surface area contributed by atoms with Crippen LogP contribution in [0.15, 0.2) is 16.8 Å². The summed E-state index contributed by atoms with van der Waals surface area (Å²) < 4.78 is 0. The van der Waals surface area contributed by atoms with Crippen LogP contribution < -0.4 is 5.32 Å². The summed E-state index contributed by atoms with van der Waals surface area (Å²) in [6, 6.07) is 1.14. The minimum absolute atomic E-state index is 0.226. The Morgan fingerprint density at radius 1 is 1.60 bits per heavy atom. The maximum absolute atomic E-state index is 11.3. The van der Waals surface area contributed by atoms with Gasteiger partial charge in [0.1, 0.15) is 6.04 Å². The summed E-state index contributed by atoms with van der Waals surface area (Å²) in [4.78, 5) is 21.7. The van der Waals surface area contributed by atoms with Gasteiger partial charge in [0.25, 0.3) is 0 Å². The SMILES string of the molecule is C[C@@H](NC(=O)CCc1ccsc1)C(=O)O. The fraction of sp³-hybridized carbons (Fsp3) is 0.400. The van der Waals surface area contributed by atoms with Gasteiger partial charge in [0.05, 0.1) is 0 Å². The third kappa shape index (κ3) is 4.12. The lowest BCUT2D eigenvalue weighted by atomic mass is 10.2. The maximum atomic E-state index is 11.3. The summed E-state index contributed by atoms with van der Waals surface area (Å²) in [5.74, 6) is -1.24. The monoisotopic (exact) mass is 227 g/mol. The molecule has 0 aliphatic rings. The number of aryl methyl sites for hydroxylation is 1. The van der Waals surface area contributed by atoms with E-state index in [0.29, 0.717) is 12.8 Å². The second-order valence-electron chi connectivity index (χ2n) is 3.26. The first kappa shape index (κ1) is 11.7. The van der Waals surface area contributed by atoms with E-state index in [4.69, 9.17) is 5.11 Å². The Morgan fingerprint density at radius 2 is 2.33 bits per heavy atom. The topological polar surface area (TPSA) is 66.4 Å². The molecule has 5 heteroatoms. The largest absolute Gasteiger partial charge is 0.480 e. The van der Waals surface area contributed by atoms with Crippen LogP contribution in [0.3, 0.4) is 0 Å². The van der Waals surface area contributed by atoms with Gasteiger partial charge >= 0.3 is 5.97 Å². The summed E-state index contributed by atoms with van der Waals surface area (Å²) in [6.07, 6.45) is 0.982. The highest BCUT2D eigenvalue weighted by Gasteiger charge is 2.13. The molecule has 1 aromatic rings. The van der Waals surface area contributed by atoms with Crippen molar-refractivity contribution in [2.45, 2.75) is 25.8 Å². The lowest BCUT2D eigenvalue weighted by Gasteiger charge is -2.08. The molecule has 0 saturated heterocycles. The molecule has 2 N–H and O–H groups in total. The molecule has 0 unspecified atom stereocenters. The lowest BCUT2D eigenvalue weighted by Crippen LogP contribution is -2.38. The van der Waals surface area contributed by atoms with Crippen molar-refractivity contribution < 1.29 is 14.7 Å². The lowest BCUT2D eigenvalue weighted by molar-refractivity contribution is -0.141. The number of thiophene rings is 1. The molecule has 1 rings (SSSR count). The maximum Gasteiger partial charge on any atom is 0.325 e. The molecule has 1 amide bonds. The van der Waals surface area contributed by atoms with Crippen LogP contribution in [0.1, 0.15) is 18.9 Å². The zero-order chi connectivity index (χ0) is 11.3. The number of carboxylic acid groups (broad SMARTS) is 1. The molecule has 0 bridgehead atoms. The second-order valence-corrected chi connectivity index (χ2v) is 4.04. The molecule has 0 aliphatic heterocycles. The Labute approximate surface area is 91.9 Å². The standard InChI is InChI=1S/C10H13NO3S/c1-7(10(13)14)11-9(12)3-2-8-4-5-15-6-8/h4-7H,2-3H2,1H3,(H,11,12)(H,13,14)/t7-/m1/s1. The highest BCUT2D eigenvalue weighted by Crippen LogP contribution is 2.08. The Hall–Kier alpha value is -1.36. The second kappa shape index (κ2) is 5.50. The third-order valence-electron chi connectivity index (χ3n) is 1.97. The first-order valence-electron chi connectivity index (χ1n) is 4.63. The van der Waals surface area contributed by atoms with Crippen LogP contribution in [-0.2, 0) is 16.0 Å². The zero-order valence-corrected chi connectivity index (χ0v) is 9.21. The van der Waals surface area contributed by atoms with Crippen molar-refractivity contribution >= 4 is 23.2 Å². The number of carboxylic acids is 1. The van der Waals surface area contributed by atoms with E-state index in [9.17, 15) is 9.59 Å². The first-order valence-corrected chi connectivity index (χ1v) is 5.57. The molecule has 1 atom stereocenters. The van der Waals surface area contributed by atoms with Gasteiger partial charge in [-0.2, -0.15) is 11.3 Å². The van der Waals surface area contributed by atoms with E-state index < -0.39 is 12.0 Å². The van der Waals surface area contributed by atoms with E-state index in [2.05, 4.69) is 5.32 Å². The zero-order valence-electron chi connectivity index (χ0n) is 8.40. The van der Waals surface area contributed by atoms with Crippen LogP contribution in [0.5, 0.6) is 0 Å². The summed E-state index contributed by atoms with van der Waals surface area (Å²) in [7, 11) is 0. The highest BCUT2D eigenvalue weighted by atomic mass is 32.1. The van der Waals surface area contributed by atoms with Crippen molar-refractivity contribution in [3.05, 3.63) is 22.4 Å². The Kier molecular flexibility index (Phi) is 4.30. The molecule has 1 aromatic heterocycles. The normalized spacial score (nSPS) is 12.1. The minimum atomic E-state index is -1.01. The number of aliphatic carboxylic acids is 1. The van der Waals surface area contributed by atoms with Gasteiger partial charge in [-0.3, -0.25) is 9.59 Å². The number of nitrogens with one attached hydrogen (secondary N) is 1. The van der Waals surface area contributed by atoms with Crippen molar-refractivity contribution in [3.63, 3.8) is 0 Å². The molecule has 0 saturated carbocycles. The molecule has 0 fully saturated rings. The number of hydrogen-bond acceptors (Lipinski definition) is 3. The number of rotatable bonds is 5. The molecule has 0 radical (unpaired) electrons. The van der Waals surface area contributed by atoms with Crippen LogP contribution in [-0.4, -0.2) is 23.0 Å². The first-order chi connectivity index (χ1) is 7.09. The Bertz CT molecular complexity index is 334. The number of hydrogen-bond donors (Lipinski definition) is 2. The van der Waals surface area contributed by atoms with Crippen molar-refractivity contribution in [2.75, 3.05) is 0 Å². The van der Waals surface area contributed by atoms with Crippen molar-refractivity contribution in [2.24, 2.45) is 0 Å². The van der Waals surface area contributed by atoms with Gasteiger partial charge in [0.15, 0.2) is 0 Å². The van der Waals surface area contributed by atoms with Crippen LogP contribution in [0.4, 0.5) is 0 Å². The van der Waals surface area contributed by atoms with Crippen LogP contribution in [0.2, 0.25) is 0 Å². The van der Waals surface area contributed by atoms with Crippen LogP contribution >= 0.6 is 11.3 Å². The van der Waals surface area contributed by atoms with Gasteiger partial charge in [-0.15, -0.1) is 0 Å². The van der Waals surface area contributed by atoms with E-state index in [-0.39, 0.29) is 5.91 Å². The smallest absolute Gasteiger partial charge is 0.325 e. The average molecular weight is 227 g/mol. The quantitative estimate of drug-likeness (QED) is 0.796. The van der Waals surface area contributed by atoms with Gasteiger partial charge in [-0.05, 0) is 35.7 Å². The predicted molar refractivity (Wildman–Crippen MR) is 57.9 cm³/mol. The van der Waals surface area contributed by atoms with Crippen LogP contribution in [0, 0.1) is 0 Å². The van der Waals surface area contributed by atoms with Gasteiger partial charge < -0.3 is 10.4 Å². The summed E-state index contributed by atoms with van der Waals surface area (Å²) >= 11 is 1.58. The highest BCUT2D eigenvalue weighted by molar-refractivity contribution is 7.07. The van der Waals surface area contributed by atoms with Crippen LogP contribution in [0.25, 0.3) is 0 Å². The average Bonchev–Trinajstić information content (AvgIpc) is 2.66. The van der Waals surface area contributed by atoms with Crippen molar-refractivity contribution in [3.8, 4) is 0 Å². The molecular formula is C10H13NO3S. The molecule has 0 aliphatic carbocycles. The van der Waals surface area contributed by atoms with E-state index in [1.165, 1.54) is 6.92 Å². The molecule has 4 nitrogen and oxygen atoms in total. The third-order valence-corrected chi connectivity index (χ3v) is 2.70. The molecule has 82 valence electrons.